The molecule has 0 radical (unpaired) electrons. The molecule has 0 spiro atoms. The monoisotopic (exact) mass is 247 g/mol. The van der Waals surface area contributed by atoms with Gasteiger partial charge in [-0.05, 0) is 12.1 Å². The first kappa shape index (κ1) is 12.0. The predicted molar refractivity (Wildman–Crippen MR) is 64.2 cm³/mol. The second-order valence-corrected chi connectivity index (χ2v) is 3.55. The van der Waals surface area contributed by atoms with Crippen molar-refractivity contribution in [3.05, 3.63) is 36.0 Å². The van der Waals surface area contributed by atoms with Crippen molar-refractivity contribution in [2.75, 3.05) is 19.0 Å². The number of rotatable bonds is 5. The summed E-state index contributed by atoms with van der Waals surface area (Å²) >= 11 is 0. The van der Waals surface area contributed by atoms with Crippen LogP contribution in [0.4, 0.5) is 5.82 Å². The van der Waals surface area contributed by atoms with Crippen LogP contribution in [0.5, 0.6) is 0 Å². The molecule has 2 aromatic heterocycles. The number of carbonyl (C=O) groups is 1. The molecule has 18 heavy (non-hydrogen) atoms. The van der Waals surface area contributed by atoms with Crippen LogP contribution in [-0.4, -0.2) is 39.8 Å². The van der Waals surface area contributed by atoms with Crippen LogP contribution in [0.15, 0.2) is 24.7 Å². The maximum atomic E-state index is 11.1. The molecule has 0 atom stereocenters. The topological polar surface area (TPSA) is 92.8 Å². The summed E-state index contributed by atoms with van der Waals surface area (Å²) in [6.07, 6.45) is 4.22. The molecule has 0 saturated heterocycles. The quantitative estimate of drug-likeness (QED) is 0.753. The van der Waals surface area contributed by atoms with E-state index in [9.17, 15) is 4.79 Å². The van der Waals surface area contributed by atoms with Gasteiger partial charge in [0.05, 0.1) is 13.4 Å². The van der Waals surface area contributed by atoms with E-state index < -0.39 is 5.97 Å². The normalized spacial score (nSPS) is 10.1. The minimum atomic E-state index is -0.494. The molecular formula is C11H13N5O2. The van der Waals surface area contributed by atoms with Crippen molar-refractivity contribution in [3.63, 3.8) is 0 Å². The molecule has 7 nitrogen and oxygen atoms in total. The summed E-state index contributed by atoms with van der Waals surface area (Å²) in [4.78, 5) is 18.1. The molecule has 0 aliphatic rings. The maximum absolute atomic E-state index is 11.1. The van der Waals surface area contributed by atoms with Gasteiger partial charge in [-0.25, -0.2) is 9.78 Å². The summed E-state index contributed by atoms with van der Waals surface area (Å²) in [5, 5.41) is 10.7. The van der Waals surface area contributed by atoms with Crippen LogP contribution in [-0.2, 0) is 11.2 Å². The summed E-state index contributed by atoms with van der Waals surface area (Å²) in [7, 11) is 1.31. The number of hydrogen-bond acceptors (Lipinski definition) is 6. The third-order valence-electron chi connectivity index (χ3n) is 2.31. The lowest BCUT2D eigenvalue weighted by Gasteiger charge is -2.04. The number of aromatic amines is 1. The highest BCUT2D eigenvalue weighted by atomic mass is 16.5. The first-order valence-corrected chi connectivity index (χ1v) is 5.43. The highest BCUT2D eigenvalue weighted by Crippen LogP contribution is 2.03. The Balaban J connectivity index is 1.85. The summed E-state index contributed by atoms with van der Waals surface area (Å²) in [6.45, 7) is 0.703. The molecular weight excluding hydrogens is 234 g/mol. The Hall–Kier alpha value is -2.44. The lowest BCUT2D eigenvalue weighted by atomic mass is 10.3. The standard InChI is InChI=1S/C11H13N5O2/c1-18-11(17)9-2-3-10(16-15-9)13-5-4-8-6-12-7-14-8/h2-3,6-7H,4-5H2,1H3,(H,12,14)(H,13,16). The van der Waals surface area contributed by atoms with Gasteiger partial charge in [0.2, 0.25) is 0 Å². The van der Waals surface area contributed by atoms with Gasteiger partial charge in [0.1, 0.15) is 5.82 Å². The number of anilines is 1. The highest BCUT2D eigenvalue weighted by Gasteiger charge is 2.07. The van der Waals surface area contributed by atoms with Gasteiger partial charge in [-0.15, -0.1) is 10.2 Å². The predicted octanol–water partition coefficient (Wildman–Crippen LogP) is 0.641. The molecule has 0 aliphatic carbocycles. The molecule has 0 saturated carbocycles. The van der Waals surface area contributed by atoms with Crippen molar-refractivity contribution in [1.29, 1.82) is 0 Å². The van der Waals surface area contributed by atoms with Crippen LogP contribution in [0.25, 0.3) is 0 Å². The largest absolute Gasteiger partial charge is 0.464 e. The van der Waals surface area contributed by atoms with Gasteiger partial charge in [0.25, 0.3) is 0 Å². The Morgan fingerprint density at radius 2 is 2.33 bits per heavy atom. The molecule has 0 aromatic carbocycles. The average Bonchev–Trinajstić information content (AvgIpc) is 2.92. The van der Waals surface area contributed by atoms with Crippen molar-refractivity contribution < 1.29 is 9.53 Å². The Labute approximate surface area is 104 Å². The SMILES string of the molecule is COC(=O)c1ccc(NCCc2cnc[nH]2)nn1. The van der Waals surface area contributed by atoms with Crippen molar-refractivity contribution >= 4 is 11.8 Å². The molecule has 0 aliphatic heterocycles. The van der Waals surface area contributed by atoms with Gasteiger partial charge in [-0.1, -0.05) is 0 Å². The van der Waals surface area contributed by atoms with Crippen LogP contribution in [0.2, 0.25) is 0 Å². The van der Waals surface area contributed by atoms with E-state index in [0.717, 1.165) is 12.1 Å². The minimum absolute atomic E-state index is 0.191. The lowest BCUT2D eigenvalue weighted by Crippen LogP contribution is -2.10. The van der Waals surface area contributed by atoms with Gasteiger partial charge >= 0.3 is 5.97 Å². The van der Waals surface area contributed by atoms with E-state index in [2.05, 4.69) is 30.2 Å². The molecule has 94 valence electrons. The second kappa shape index (κ2) is 5.76. The van der Waals surface area contributed by atoms with E-state index in [1.807, 2.05) is 0 Å². The van der Waals surface area contributed by atoms with Crippen molar-refractivity contribution in [2.45, 2.75) is 6.42 Å². The third kappa shape index (κ3) is 3.03. The Kier molecular flexibility index (Phi) is 3.85. The first-order chi connectivity index (χ1) is 8.79. The zero-order valence-corrected chi connectivity index (χ0v) is 9.88. The van der Waals surface area contributed by atoms with E-state index in [1.165, 1.54) is 7.11 Å². The average molecular weight is 247 g/mol. The number of ether oxygens (including phenoxy) is 1. The Morgan fingerprint density at radius 1 is 1.44 bits per heavy atom. The van der Waals surface area contributed by atoms with E-state index in [-0.39, 0.29) is 5.69 Å². The van der Waals surface area contributed by atoms with E-state index in [1.54, 1.807) is 24.7 Å². The van der Waals surface area contributed by atoms with Crippen LogP contribution in [0.3, 0.4) is 0 Å². The number of nitrogens with zero attached hydrogens (tertiary/aromatic N) is 3. The van der Waals surface area contributed by atoms with E-state index in [0.29, 0.717) is 12.4 Å². The number of methoxy groups -OCH3 is 1. The number of esters is 1. The van der Waals surface area contributed by atoms with Crippen molar-refractivity contribution in [1.82, 2.24) is 20.2 Å². The maximum Gasteiger partial charge on any atom is 0.358 e. The molecule has 2 aromatic rings. The molecule has 0 amide bonds. The second-order valence-electron chi connectivity index (χ2n) is 3.55. The number of hydrogen-bond donors (Lipinski definition) is 2. The molecule has 2 N–H and O–H groups in total. The summed E-state index contributed by atoms with van der Waals surface area (Å²) in [5.41, 5.74) is 1.23. The Bertz CT molecular complexity index is 495. The van der Waals surface area contributed by atoms with Crippen LogP contribution < -0.4 is 5.32 Å². The fourth-order valence-corrected chi connectivity index (χ4v) is 1.39. The number of imidazole rings is 1. The van der Waals surface area contributed by atoms with E-state index in [4.69, 9.17) is 0 Å². The number of H-pyrrole nitrogens is 1. The van der Waals surface area contributed by atoms with Gasteiger partial charge < -0.3 is 15.0 Å². The summed E-state index contributed by atoms with van der Waals surface area (Å²) in [6, 6.07) is 3.25. The molecule has 0 fully saturated rings. The summed E-state index contributed by atoms with van der Waals surface area (Å²) < 4.78 is 4.53. The molecule has 2 rings (SSSR count). The number of nitrogens with one attached hydrogen (secondary N) is 2. The summed E-state index contributed by atoms with van der Waals surface area (Å²) in [5.74, 6) is 0.119. The van der Waals surface area contributed by atoms with Gasteiger partial charge in [0.15, 0.2) is 5.69 Å². The fourth-order valence-electron chi connectivity index (χ4n) is 1.39. The zero-order valence-electron chi connectivity index (χ0n) is 9.88. The minimum Gasteiger partial charge on any atom is -0.464 e. The molecule has 2 heterocycles. The zero-order chi connectivity index (χ0) is 12.8. The van der Waals surface area contributed by atoms with Gasteiger partial charge in [-0.2, -0.15) is 0 Å². The van der Waals surface area contributed by atoms with Crippen LogP contribution in [0, 0.1) is 0 Å². The third-order valence-corrected chi connectivity index (χ3v) is 2.31. The van der Waals surface area contributed by atoms with E-state index >= 15 is 0 Å². The number of carbonyl (C=O) groups excluding carboxylic acids is 1. The van der Waals surface area contributed by atoms with Crippen LogP contribution >= 0.6 is 0 Å². The van der Waals surface area contributed by atoms with Crippen LogP contribution in [0.1, 0.15) is 16.2 Å². The van der Waals surface area contributed by atoms with Gasteiger partial charge in [0, 0.05) is 24.9 Å². The fraction of sp³-hybridized carbons (Fsp3) is 0.273. The highest BCUT2D eigenvalue weighted by molar-refractivity contribution is 5.86. The van der Waals surface area contributed by atoms with Crippen molar-refractivity contribution in [2.24, 2.45) is 0 Å². The Morgan fingerprint density at radius 3 is 2.94 bits per heavy atom. The van der Waals surface area contributed by atoms with Crippen molar-refractivity contribution in [3.8, 4) is 0 Å². The molecule has 0 unspecified atom stereocenters. The smallest absolute Gasteiger partial charge is 0.358 e. The number of aromatic nitrogens is 4. The molecule has 0 bridgehead atoms. The van der Waals surface area contributed by atoms with Gasteiger partial charge in [-0.3, -0.25) is 0 Å². The first-order valence-electron chi connectivity index (χ1n) is 5.43. The molecule has 7 heteroatoms. The lowest BCUT2D eigenvalue weighted by molar-refractivity contribution is 0.0593.